The molecule has 0 unspecified atom stereocenters. The highest BCUT2D eigenvalue weighted by Gasteiger charge is 2.12. The van der Waals surface area contributed by atoms with E-state index in [1.807, 2.05) is 12.1 Å². The Labute approximate surface area is 240 Å². The summed E-state index contributed by atoms with van der Waals surface area (Å²) in [7, 11) is 3.30. The van der Waals surface area contributed by atoms with Gasteiger partial charge in [0.25, 0.3) is 0 Å². The van der Waals surface area contributed by atoms with E-state index in [9.17, 15) is 0 Å². The van der Waals surface area contributed by atoms with E-state index in [4.69, 9.17) is 18.9 Å². The summed E-state index contributed by atoms with van der Waals surface area (Å²) in [6.07, 6.45) is 11.2. The minimum atomic E-state index is 0.364. The van der Waals surface area contributed by atoms with Gasteiger partial charge in [-0.25, -0.2) is 0 Å². The molecule has 4 aliphatic rings. The summed E-state index contributed by atoms with van der Waals surface area (Å²) >= 11 is 0. The molecule has 7 rings (SSSR count). The number of hydrogen-bond donors (Lipinski definition) is 0. The molecule has 3 aromatic carbocycles. The SMILES string of the molecule is COCC#Cc1cc2c(C#CCOC)cc1OCCCCCCc1ccc(c3ccccc13)CCCCCCO2. The summed E-state index contributed by atoms with van der Waals surface area (Å²) in [5.74, 6) is 14.0. The Morgan fingerprint density at radius 1 is 0.600 bits per heavy atom. The molecule has 4 nitrogen and oxygen atoms in total. The Hall–Kier alpha value is -3.44. The van der Waals surface area contributed by atoms with Crippen LogP contribution in [-0.2, 0) is 22.3 Å². The van der Waals surface area contributed by atoms with Crippen molar-refractivity contribution in [3.8, 4) is 35.2 Å². The van der Waals surface area contributed by atoms with Gasteiger partial charge in [0.05, 0.1) is 24.3 Å². The average Bonchev–Trinajstić information content (AvgIpc) is 2.97. The summed E-state index contributed by atoms with van der Waals surface area (Å²) in [5.41, 5.74) is 4.55. The third kappa shape index (κ3) is 8.79. The van der Waals surface area contributed by atoms with Gasteiger partial charge in [-0.15, -0.1) is 0 Å². The maximum atomic E-state index is 6.26. The molecule has 4 heteroatoms. The molecular formula is C36H42O4. The van der Waals surface area contributed by atoms with Gasteiger partial charge in [0.2, 0.25) is 0 Å². The molecule has 3 aromatic rings. The van der Waals surface area contributed by atoms with E-state index >= 15 is 0 Å². The molecule has 0 N–H and O–H groups in total. The van der Waals surface area contributed by atoms with Crippen LogP contribution in [0.2, 0.25) is 0 Å². The fraction of sp³-hybridized carbons (Fsp3) is 0.444. The molecule has 0 atom stereocenters. The quantitative estimate of drug-likeness (QED) is 0.316. The predicted molar refractivity (Wildman–Crippen MR) is 163 cm³/mol. The first-order valence-electron chi connectivity index (χ1n) is 14.7. The zero-order valence-electron chi connectivity index (χ0n) is 24.2. The molecule has 0 amide bonds. The smallest absolute Gasteiger partial charge is 0.136 e. The molecule has 4 heterocycles. The van der Waals surface area contributed by atoms with Crippen LogP contribution >= 0.6 is 0 Å². The summed E-state index contributed by atoms with van der Waals surface area (Å²) in [6, 6.07) is 17.6. The Morgan fingerprint density at radius 2 is 1.05 bits per heavy atom. The lowest BCUT2D eigenvalue weighted by atomic mass is 9.93. The fourth-order valence-electron chi connectivity index (χ4n) is 5.17. The third-order valence-electron chi connectivity index (χ3n) is 7.26. The predicted octanol–water partition coefficient (Wildman–Crippen LogP) is 7.51. The zero-order valence-corrected chi connectivity index (χ0v) is 24.2. The van der Waals surface area contributed by atoms with Crippen LogP contribution in [0.4, 0.5) is 0 Å². The van der Waals surface area contributed by atoms with Crippen LogP contribution in [0.3, 0.4) is 0 Å². The second-order valence-corrected chi connectivity index (χ2v) is 10.3. The van der Waals surface area contributed by atoms with Crippen molar-refractivity contribution in [3.05, 3.63) is 70.8 Å². The first-order valence-corrected chi connectivity index (χ1v) is 14.7. The van der Waals surface area contributed by atoms with Crippen LogP contribution in [0.1, 0.15) is 73.6 Å². The van der Waals surface area contributed by atoms with Crippen molar-refractivity contribution >= 4 is 10.8 Å². The highest BCUT2D eigenvalue weighted by atomic mass is 16.5. The molecule has 0 spiro atoms. The van der Waals surface area contributed by atoms with Crippen LogP contribution < -0.4 is 9.47 Å². The first-order chi connectivity index (χ1) is 19.8. The lowest BCUT2D eigenvalue weighted by Crippen LogP contribution is -2.04. The minimum Gasteiger partial charge on any atom is -0.492 e. The molecule has 4 bridgehead atoms. The lowest BCUT2D eigenvalue weighted by molar-refractivity contribution is 0.239. The topological polar surface area (TPSA) is 36.9 Å². The molecule has 0 saturated carbocycles. The van der Waals surface area contributed by atoms with Gasteiger partial charge in [0, 0.05) is 26.4 Å². The third-order valence-corrected chi connectivity index (χ3v) is 7.26. The lowest BCUT2D eigenvalue weighted by Gasteiger charge is -2.14. The molecule has 0 radical (unpaired) electrons. The minimum absolute atomic E-state index is 0.364. The van der Waals surface area contributed by atoms with Crippen LogP contribution in [-0.4, -0.2) is 40.6 Å². The Morgan fingerprint density at radius 3 is 1.50 bits per heavy atom. The second-order valence-electron chi connectivity index (χ2n) is 10.3. The van der Waals surface area contributed by atoms with Gasteiger partial charge < -0.3 is 18.9 Å². The van der Waals surface area contributed by atoms with E-state index in [1.165, 1.54) is 47.6 Å². The first kappa shape index (κ1) is 29.5. The summed E-state index contributed by atoms with van der Waals surface area (Å²) < 4.78 is 22.8. The van der Waals surface area contributed by atoms with Crippen molar-refractivity contribution < 1.29 is 18.9 Å². The van der Waals surface area contributed by atoms with Gasteiger partial charge >= 0.3 is 0 Å². The van der Waals surface area contributed by atoms with Gasteiger partial charge in [-0.3, -0.25) is 0 Å². The van der Waals surface area contributed by atoms with E-state index in [-0.39, 0.29) is 0 Å². The maximum Gasteiger partial charge on any atom is 0.136 e. The number of aryl methyl sites for hydroxylation is 2. The van der Waals surface area contributed by atoms with Crippen molar-refractivity contribution in [2.45, 2.75) is 64.2 Å². The molecule has 0 fully saturated rings. The second kappa shape index (κ2) is 16.6. The van der Waals surface area contributed by atoms with Crippen LogP contribution in [0.25, 0.3) is 10.8 Å². The van der Waals surface area contributed by atoms with Crippen molar-refractivity contribution in [2.24, 2.45) is 0 Å². The number of ether oxygens (including phenoxy) is 4. The molecular weight excluding hydrogens is 496 g/mol. The molecule has 40 heavy (non-hydrogen) atoms. The van der Waals surface area contributed by atoms with E-state index in [2.05, 4.69) is 60.1 Å². The monoisotopic (exact) mass is 538 g/mol. The van der Waals surface area contributed by atoms with E-state index in [0.29, 0.717) is 26.4 Å². The molecule has 210 valence electrons. The van der Waals surface area contributed by atoms with E-state index in [0.717, 1.165) is 61.2 Å². The summed E-state index contributed by atoms with van der Waals surface area (Å²) in [4.78, 5) is 0. The summed E-state index contributed by atoms with van der Waals surface area (Å²) in [5, 5.41) is 2.85. The summed E-state index contributed by atoms with van der Waals surface area (Å²) in [6.45, 7) is 2.01. The van der Waals surface area contributed by atoms with Crippen molar-refractivity contribution in [3.63, 3.8) is 0 Å². The van der Waals surface area contributed by atoms with Gasteiger partial charge in [0.1, 0.15) is 24.7 Å². The van der Waals surface area contributed by atoms with Gasteiger partial charge in [-0.2, -0.15) is 0 Å². The maximum absolute atomic E-state index is 6.26. The van der Waals surface area contributed by atoms with E-state index in [1.54, 1.807) is 14.2 Å². The Balaban J connectivity index is 1.52. The molecule has 0 saturated heterocycles. The van der Waals surface area contributed by atoms with Crippen LogP contribution in [0, 0.1) is 23.7 Å². The standard InChI is InChI=1S/C36H42O4/c1-37-23-13-17-31-27-36-32(18-14-24-38-2)28-35(31)39-25-11-5-3-7-15-29-21-22-30(16-8-4-6-12-26-40-36)34-20-10-9-19-33(29)34/h9-10,19-22,27-28H,3-8,11-12,15-16,23-26H2,1-2H3. The number of benzene rings is 3. The van der Waals surface area contributed by atoms with Crippen molar-refractivity contribution in [2.75, 3.05) is 40.6 Å². The highest BCUT2D eigenvalue weighted by molar-refractivity contribution is 5.88. The largest absolute Gasteiger partial charge is 0.492 e. The van der Waals surface area contributed by atoms with Crippen molar-refractivity contribution in [1.29, 1.82) is 0 Å². The zero-order chi connectivity index (χ0) is 27.8. The molecule has 0 aliphatic carbocycles. The Bertz CT molecular complexity index is 1250. The normalized spacial score (nSPS) is 14.9. The van der Waals surface area contributed by atoms with Crippen LogP contribution in [0.5, 0.6) is 11.5 Å². The van der Waals surface area contributed by atoms with Gasteiger partial charge in [-0.05, 0) is 60.4 Å². The average molecular weight is 539 g/mol. The van der Waals surface area contributed by atoms with Gasteiger partial charge in [-0.1, -0.05) is 85.8 Å². The molecule has 0 aromatic heterocycles. The van der Waals surface area contributed by atoms with Crippen molar-refractivity contribution in [1.82, 2.24) is 0 Å². The molecule has 4 aliphatic heterocycles. The highest BCUT2D eigenvalue weighted by Crippen LogP contribution is 2.30. The number of methoxy groups -OCH3 is 2. The van der Waals surface area contributed by atoms with Crippen LogP contribution in [0.15, 0.2) is 48.5 Å². The number of rotatable bonds is 2. The van der Waals surface area contributed by atoms with Gasteiger partial charge in [0.15, 0.2) is 0 Å². The fourth-order valence-corrected chi connectivity index (χ4v) is 5.17. The number of hydrogen-bond acceptors (Lipinski definition) is 4. The van der Waals surface area contributed by atoms with E-state index < -0.39 is 0 Å². The Kier molecular flexibility index (Phi) is 12.3.